The van der Waals surface area contributed by atoms with Crippen LogP contribution in [-0.4, -0.2) is 50.2 Å². The van der Waals surface area contributed by atoms with Crippen molar-refractivity contribution < 1.29 is 27.5 Å². The zero-order chi connectivity index (χ0) is 25.3. The van der Waals surface area contributed by atoms with Crippen LogP contribution >= 0.6 is 0 Å². The van der Waals surface area contributed by atoms with Gasteiger partial charge in [-0.1, -0.05) is 0 Å². The number of carbonyl (C=O) groups is 1. The van der Waals surface area contributed by atoms with Gasteiger partial charge in [-0.2, -0.15) is 13.2 Å². The van der Waals surface area contributed by atoms with Gasteiger partial charge in [-0.3, -0.25) is 4.79 Å². The van der Waals surface area contributed by atoms with Gasteiger partial charge in [0, 0.05) is 37.3 Å². The minimum Gasteiger partial charge on any atom is -0.395 e. The molecule has 3 heterocycles. The molecule has 1 aliphatic heterocycles. The minimum atomic E-state index is -4.84. The summed E-state index contributed by atoms with van der Waals surface area (Å²) in [5.74, 6) is -1.24. The highest BCUT2D eigenvalue weighted by Crippen LogP contribution is 2.36. The Hall–Kier alpha value is -3.74. The van der Waals surface area contributed by atoms with Crippen molar-refractivity contribution in [3.05, 3.63) is 53.5 Å². The van der Waals surface area contributed by atoms with E-state index in [1.165, 1.54) is 12.4 Å². The summed E-state index contributed by atoms with van der Waals surface area (Å²) in [6, 6.07) is 2.75. The summed E-state index contributed by atoms with van der Waals surface area (Å²) >= 11 is 0. The number of carbonyl (C=O) groups excluding carboxylic acids is 1. The number of benzene rings is 1. The Morgan fingerprint density at radius 2 is 1.91 bits per heavy atom. The van der Waals surface area contributed by atoms with Crippen molar-refractivity contribution in [2.75, 3.05) is 30.3 Å². The van der Waals surface area contributed by atoms with Crippen molar-refractivity contribution in [3.8, 4) is 11.3 Å². The van der Waals surface area contributed by atoms with E-state index in [1.54, 1.807) is 10.8 Å². The van der Waals surface area contributed by atoms with Crippen LogP contribution < -0.4 is 16.4 Å². The molecule has 9 nitrogen and oxygen atoms in total. The van der Waals surface area contributed by atoms with Crippen LogP contribution in [0.4, 0.5) is 29.2 Å². The number of aliphatic hydroxyl groups is 1. The van der Waals surface area contributed by atoms with Crippen LogP contribution in [0.2, 0.25) is 0 Å². The highest BCUT2D eigenvalue weighted by Gasteiger charge is 2.35. The first kappa shape index (κ1) is 24.4. The number of halogens is 4. The average Bonchev–Trinajstić information content (AvgIpc) is 3.22. The van der Waals surface area contributed by atoms with Gasteiger partial charge in [-0.15, -0.1) is 0 Å². The lowest BCUT2D eigenvalue weighted by Crippen LogP contribution is -2.36. The lowest BCUT2D eigenvalue weighted by atomic mass is 9.95. The van der Waals surface area contributed by atoms with Gasteiger partial charge in [0.25, 0.3) is 5.91 Å². The minimum absolute atomic E-state index is 0.00900. The first-order chi connectivity index (χ1) is 16.6. The molecular weight excluding hydrogens is 470 g/mol. The van der Waals surface area contributed by atoms with Crippen LogP contribution in [0.15, 0.2) is 30.7 Å². The van der Waals surface area contributed by atoms with E-state index in [2.05, 4.69) is 15.0 Å². The predicted molar refractivity (Wildman–Crippen MR) is 119 cm³/mol. The molecule has 0 bridgehead atoms. The van der Waals surface area contributed by atoms with Crippen molar-refractivity contribution in [1.29, 1.82) is 0 Å². The Morgan fingerprint density at radius 3 is 2.54 bits per heavy atom. The summed E-state index contributed by atoms with van der Waals surface area (Å²) in [6.45, 7) is 0.972. The zero-order valence-electron chi connectivity index (χ0n) is 18.5. The van der Waals surface area contributed by atoms with Crippen LogP contribution in [0.3, 0.4) is 0 Å². The fraction of sp³-hybridized carbons (Fsp3) is 0.364. The number of hydrogen-bond donors (Lipinski definition) is 3. The number of nitrogen functional groups attached to an aromatic ring is 1. The van der Waals surface area contributed by atoms with Gasteiger partial charge in [-0.25, -0.2) is 19.3 Å². The number of rotatable bonds is 6. The zero-order valence-corrected chi connectivity index (χ0v) is 18.5. The Labute approximate surface area is 197 Å². The fourth-order valence-electron chi connectivity index (χ4n) is 4.30. The van der Waals surface area contributed by atoms with Crippen molar-refractivity contribution in [2.24, 2.45) is 5.73 Å². The highest BCUT2D eigenvalue weighted by molar-refractivity contribution is 6.01. The van der Waals surface area contributed by atoms with Crippen molar-refractivity contribution in [2.45, 2.75) is 31.5 Å². The normalized spacial score (nSPS) is 14.9. The molecule has 0 unspecified atom stereocenters. The molecule has 186 valence electrons. The third-order valence-electron chi connectivity index (χ3n) is 5.98. The number of alkyl halides is 3. The highest BCUT2D eigenvalue weighted by atomic mass is 19.4. The van der Waals surface area contributed by atoms with E-state index < -0.39 is 23.5 Å². The van der Waals surface area contributed by atoms with Gasteiger partial charge in [0.1, 0.15) is 35.2 Å². The molecule has 1 saturated heterocycles. The number of imidazole rings is 1. The number of anilines is 2. The van der Waals surface area contributed by atoms with Gasteiger partial charge in [0.2, 0.25) is 0 Å². The molecule has 2 aromatic heterocycles. The summed E-state index contributed by atoms with van der Waals surface area (Å²) in [5, 5.41) is 9.48. The molecule has 1 amide bonds. The first-order valence-corrected chi connectivity index (χ1v) is 10.8. The average molecular weight is 493 g/mol. The number of amides is 1. The maximum absolute atomic E-state index is 13.7. The van der Waals surface area contributed by atoms with Crippen LogP contribution in [0, 0.1) is 5.82 Å². The number of aliphatic hydroxyl groups excluding tert-OH is 1. The third-order valence-corrected chi connectivity index (χ3v) is 5.98. The molecule has 0 spiro atoms. The topological polar surface area (TPSA) is 136 Å². The van der Waals surface area contributed by atoms with E-state index in [4.69, 9.17) is 11.5 Å². The van der Waals surface area contributed by atoms with E-state index in [-0.39, 0.29) is 41.7 Å². The second-order valence-electron chi connectivity index (χ2n) is 8.18. The van der Waals surface area contributed by atoms with Crippen molar-refractivity contribution in [3.63, 3.8) is 0 Å². The molecule has 0 atom stereocenters. The molecular formula is C22H23F4N7O2. The van der Waals surface area contributed by atoms with Gasteiger partial charge in [-0.05, 0) is 31.0 Å². The van der Waals surface area contributed by atoms with Crippen LogP contribution in [0.25, 0.3) is 11.3 Å². The van der Waals surface area contributed by atoms with Crippen LogP contribution in [0.1, 0.15) is 40.5 Å². The fourth-order valence-corrected chi connectivity index (χ4v) is 4.30. The van der Waals surface area contributed by atoms with E-state index in [1.807, 2.05) is 4.90 Å². The Morgan fingerprint density at radius 1 is 1.20 bits per heavy atom. The summed E-state index contributed by atoms with van der Waals surface area (Å²) in [4.78, 5) is 26.2. The standard InChI is InChI=1S/C22H23F4N7O2/c23-15-2-1-13(9-14(15)22(24,25)26)16-10-33(7-8-34)20(31-16)12-3-5-32(6-4-12)21-17(19(28)35)18(27)29-11-30-21/h1-2,9-12,34H,3-8H2,(H2,28,35)(H2,27,29,30). The smallest absolute Gasteiger partial charge is 0.395 e. The number of nitrogens with two attached hydrogens (primary N) is 2. The number of piperidine rings is 1. The van der Waals surface area contributed by atoms with E-state index >= 15 is 0 Å². The maximum Gasteiger partial charge on any atom is 0.419 e. The SMILES string of the molecule is NC(=O)c1c(N)ncnc1N1CCC(c2nc(-c3ccc(F)c(C(F)(F)F)c3)cn2CCO)CC1. The second kappa shape index (κ2) is 9.49. The molecule has 0 radical (unpaired) electrons. The molecule has 13 heteroatoms. The summed E-state index contributed by atoms with van der Waals surface area (Å²) in [6.07, 6.45) is -0.858. The summed E-state index contributed by atoms with van der Waals surface area (Å²) in [5.41, 5.74) is 10.3. The van der Waals surface area contributed by atoms with Gasteiger partial charge in [0.05, 0.1) is 17.9 Å². The summed E-state index contributed by atoms with van der Waals surface area (Å²) in [7, 11) is 0. The Kier molecular flexibility index (Phi) is 6.61. The second-order valence-corrected chi connectivity index (χ2v) is 8.18. The molecule has 1 aliphatic rings. The predicted octanol–water partition coefficient (Wildman–Crippen LogP) is 2.56. The third kappa shape index (κ3) is 4.90. The molecule has 0 aliphatic carbocycles. The van der Waals surface area contributed by atoms with Gasteiger partial charge >= 0.3 is 6.18 Å². The largest absolute Gasteiger partial charge is 0.419 e. The van der Waals surface area contributed by atoms with Crippen molar-refractivity contribution >= 4 is 17.5 Å². The van der Waals surface area contributed by atoms with Crippen molar-refractivity contribution in [1.82, 2.24) is 19.5 Å². The molecule has 0 saturated carbocycles. The van der Waals surface area contributed by atoms with Gasteiger partial charge in [0.15, 0.2) is 0 Å². The Balaban J connectivity index is 1.60. The quantitative estimate of drug-likeness (QED) is 0.449. The van der Waals surface area contributed by atoms with E-state index in [0.29, 0.717) is 37.6 Å². The lowest BCUT2D eigenvalue weighted by molar-refractivity contribution is -0.139. The number of nitrogens with zero attached hydrogens (tertiary/aromatic N) is 5. The molecule has 3 aromatic rings. The van der Waals surface area contributed by atoms with E-state index in [0.717, 1.165) is 12.1 Å². The molecule has 1 fully saturated rings. The molecule has 1 aromatic carbocycles. The first-order valence-electron chi connectivity index (χ1n) is 10.8. The number of aromatic nitrogens is 4. The lowest BCUT2D eigenvalue weighted by Gasteiger charge is -2.33. The number of hydrogen-bond acceptors (Lipinski definition) is 7. The van der Waals surface area contributed by atoms with Crippen LogP contribution in [-0.2, 0) is 12.7 Å². The number of primary amides is 1. The monoisotopic (exact) mass is 493 g/mol. The van der Waals surface area contributed by atoms with Crippen LogP contribution in [0.5, 0.6) is 0 Å². The molecule has 4 rings (SSSR count). The summed E-state index contributed by atoms with van der Waals surface area (Å²) < 4.78 is 54.9. The van der Waals surface area contributed by atoms with E-state index in [9.17, 15) is 27.5 Å². The Bertz CT molecular complexity index is 1240. The molecule has 35 heavy (non-hydrogen) atoms. The maximum atomic E-state index is 13.7. The molecule has 5 N–H and O–H groups in total. The van der Waals surface area contributed by atoms with Gasteiger partial charge < -0.3 is 26.0 Å².